The van der Waals surface area contributed by atoms with E-state index in [2.05, 4.69) is 50.1 Å². The summed E-state index contributed by atoms with van der Waals surface area (Å²) >= 11 is 0. The summed E-state index contributed by atoms with van der Waals surface area (Å²) in [5.74, 6) is 1.69. The van der Waals surface area contributed by atoms with Gasteiger partial charge in [-0.25, -0.2) is 4.98 Å². The molecule has 6 nitrogen and oxygen atoms in total. The lowest BCUT2D eigenvalue weighted by atomic mass is 9.99. The van der Waals surface area contributed by atoms with Crippen molar-refractivity contribution >= 4 is 11.7 Å². The minimum atomic E-state index is 0.248. The summed E-state index contributed by atoms with van der Waals surface area (Å²) in [6, 6.07) is 10.6. The predicted octanol–water partition coefficient (Wildman–Crippen LogP) is 1.61. The van der Waals surface area contributed by atoms with Gasteiger partial charge in [-0.05, 0) is 24.4 Å². The summed E-state index contributed by atoms with van der Waals surface area (Å²) in [7, 11) is 0. The first-order chi connectivity index (χ1) is 12.8. The van der Waals surface area contributed by atoms with Crippen LogP contribution in [0.15, 0.2) is 48.9 Å². The van der Waals surface area contributed by atoms with Crippen LogP contribution < -0.4 is 4.90 Å². The van der Waals surface area contributed by atoms with Gasteiger partial charge in [-0.3, -0.25) is 14.7 Å². The number of hydrogen-bond acceptors (Lipinski definition) is 5. The van der Waals surface area contributed by atoms with Crippen molar-refractivity contribution in [3.63, 3.8) is 0 Å². The summed E-state index contributed by atoms with van der Waals surface area (Å²) in [5, 5.41) is 0. The third kappa shape index (κ3) is 3.85. The fraction of sp³-hybridized carbons (Fsp3) is 0.450. The maximum Gasteiger partial charge on any atom is 0.236 e. The van der Waals surface area contributed by atoms with Gasteiger partial charge >= 0.3 is 0 Å². The van der Waals surface area contributed by atoms with Gasteiger partial charge in [0.15, 0.2) is 0 Å². The molecule has 1 aromatic heterocycles. The van der Waals surface area contributed by atoms with Crippen LogP contribution in [-0.2, 0) is 4.79 Å². The van der Waals surface area contributed by atoms with Gasteiger partial charge in [0.05, 0.1) is 12.7 Å². The Hall–Kier alpha value is -2.47. The van der Waals surface area contributed by atoms with Crippen molar-refractivity contribution in [1.82, 2.24) is 19.8 Å². The lowest BCUT2D eigenvalue weighted by Gasteiger charge is -2.35. The summed E-state index contributed by atoms with van der Waals surface area (Å²) in [6.45, 7) is 5.67. The molecule has 26 heavy (non-hydrogen) atoms. The predicted molar refractivity (Wildman–Crippen MR) is 101 cm³/mol. The fourth-order valence-electron chi connectivity index (χ4n) is 3.90. The SMILES string of the molecule is O=C(CN1CC[C@@H](c2ccccc2)C1)N1CCN(c2cnccn2)CC1. The van der Waals surface area contributed by atoms with Crippen LogP contribution in [-0.4, -0.2) is 71.5 Å². The first-order valence-corrected chi connectivity index (χ1v) is 9.35. The highest BCUT2D eigenvalue weighted by molar-refractivity contribution is 5.78. The van der Waals surface area contributed by atoms with Gasteiger partial charge < -0.3 is 9.80 Å². The molecule has 0 bridgehead atoms. The molecule has 0 aliphatic carbocycles. The summed E-state index contributed by atoms with van der Waals surface area (Å²) in [6.07, 6.45) is 6.31. The standard InChI is InChI=1S/C20H25N5O/c26-20(16-23-9-6-18(15-23)17-4-2-1-3-5-17)25-12-10-24(11-13-25)19-14-21-7-8-22-19/h1-5,7-8,14,18H,6,9-13,15-16H2/t18-/m1/s1. The zero-order chi connectivity index (χ0) is 17.8. The minimum Gasteiger partial charge on any atom is -0.352 e. The first-order valence-electron chi connectivity index (χ1n) is 9.35. The molecule has 2 aromatic rings. The summed E-state index contributed by atoms with van der Waals surface area (Å²) in [4.78, 5) is 27.6. The summed E-state index contributed by atoms with van der Waals surface area (Å²) in [5.41, 5.74) is 1.39. The van der Waals surface area contributed by atoms with Crippen LogP contribution in [0.2, 0.25) is 0 Å². The van der Waals surface area contributed by atoms with E-state index < -0.39 is 0 Å². The van der Waals surface area contributed by atoms with Crippen LogP contribution in [0.5, 0.6) is 0 Å². The zero-order valence-electron chi connectivity index (χ0n) is 15.0. The Bertz CT molecular complexity index is 715. The van der Waals surface area contributed by atoms with Gasteiger partial charge in [0.25, 0.3) is 0 Å². The van der Waals surface area contributed by atoms with E-state index >= 15 is 0 Å². The molecular formula is C20H25N5O. The second kappa shape index (κ2) is 7.83. The zero-order valence-corrected chi connectivity index (χ0v) is 15.0. The van der Waals surface area contributed by atoms with Gasteiger partial charge in [0, 0.05) is 45.1 Å². The number of benzene rings is 1. The molecule has 0 unspecified atom stereocenters. The van der Waals surface area contributed by atoms with E-state index in [4.69, 9.17) is 0 Å². The third-order valence-corrected chi connectivity index (χ3v) is 5.41. The van der Waals surface area contributed by atoms with Crippen LogP contribution in [0.4, 0.5) is 5.82 Å². The lowest BCUT2D eigenvalue weighted by molar-refractivity contribution is -0.132. The average molecular weight is 351 g/mol. The minimum absolute atomic E-state index is 0.248. The summed E-state index contributed by atoms with van der Waals surface area (Å²) < 4.78 is 0. The molecular weight excluding hydrogens is 326 g/mol. The number of anilines is 1. The molecule has 1 aromatic carbocycles. The number of piperazine rings is 1. The molecule has 136 valence electrons. The number of carbonyl (C=O) groups excluding carboxylic acids is 1. The van der Waals surface area contributed by atoms with Gasteiger partial charge in [-0.1, -0.05) is 30.3 Å². The molecule has 4 rings (SSSR count). The van der Waals surface area contributed by atoms with E-state index in [1.807, 2.05) is 4.90 Å². The lowest BCUT2D eigenvalue weighted by Crippen LogP contribution is -2.51. The Labute approximate surface area is 154 Å². The molecule has 0 N–H and O–H groups in total. The van der Waals surface area contributed by atoms with Crippen molar-refractivity contribution in [1.29, 1.82) is 0 Å². The highest BCUT2D eigenvalue weighted by atomic mass is 16.2. The van der Waals surface area contributed by atoms with E-state index in [1.54, 1.807) is 18.6 Å². The van der Waals surface area contributed by atoms with Crippen molar-refractivity contribution in [3.8, 4) is 0 Å². The van der Waals surface area contributed by atoms with E-state index in [0.717, 1.165) is 51.5 Å². The molecule has 2 aliphatic heterocycles. The number of amides is 1. The van der Waals surface area contributed by atoms with E-state index in [1.165, 1.54) is 5.56 Å². The molecule has 3 heterocycles. The van der Waals surface area contributed by atoms with E-state index in [-0.39, 0.29) is 5.91 Å². The molecule has 6 heteroatoms. The normalized spacial score (nSPS) is 21.2. The number of carbonyl (C=O) groups is 1. The smallest absolute Gasteiger partial charge is 0.236 e. The Morgan fingerprint density at radius 3 is 2.58 bits per heavy atom. The number of aromatic nitrogens is 2. The van der Waals surface area contributed by atoms with Crippen molar-refractivity contribution in [3.05, 3.63) is 54.5 Å². The van der Waals surface area contributed by atoms with Gasteiger partial charge in [-0.2, -0.15) is 0 Å². The van der Waals surface area contributed by atoms with Crippen molar-refractivity contribution in [2.24, 2.45) is 0 Å². The van der Waals surface area contributed by atoms with Crippen LogP contribution >= 0.6 is 0 Å². The Kier molecular flexibility index (Phi) is 5.11. The Morgan fingerprint density at radius 1 is 1.04 bits per heavy atom. The topological polar surface area (TPSA) is 52.6 Å². The van der Waals surface area contributed by atoms with Gasteiger partial charge in [0.1, 0.15) is 5.82 Å². The molecule has 2 aliphatic rings. The number of hydrogen-bond donors (Lipinski definition) is 0. The number of likely N-dealkylation sites (tertiary alicyclic amines) is 1. The molecule has 0 radical (unpaired) electrons. The molecule has 1 atom stereocenters. The molecule has 2 saturated heterocycles. The van der Waals surface area contributed by atoms with Crippen molar-refractivity contribution in [2.45, 2.75) is 12.3 Å². The highest BCUT2D eigenvalue weighted by Crippen LogP contribution is 2.26. The number of nitrogens with zero attached hydrogens (tertiary/aromatic N) is 5. The van der Waals surface area contributed by atoms with Crippen molar-refractivity contribution < 1.29 is 4.79 Å². The third-order valence-electron chi connectivity index (χ3n) is 5.41. The van der Waals surface area contributed by atoms with Gasteiger partial charge in [0.2, 0.25) is 5.91 Å². The molecule has 2 fully saturated rings. The Morgan fingerprint density at radius 2 is 1.85 bits per heavy atom. The highest BCUT2D eigenvalue weighted by Gasteiger charge is 2.28. The Balaban J connectivity index is 1.26. The fourth-order valence-corrected chi connectivity index (χ4v) is 3.90. The number of rotatable bonds is 4. The second-order valence-electron chi connectivity index (χ2n) is 7.06. The first kappa shape index (κ1) is 17.0. The van der Waals surface area contributed by atoms with E-state index in [9.17, 15) is 4.79 Å². The van der Waals surface area contributed by atoms with Crippen LogP contribution in [0.25, 0.3) is 0 Å². The van der Waals surface area contributed by atoms with Crippen molar-refractivity contribution in [2.75, 3.05) is 50.7 Å². The molecule has 0 spiro atoms. The van der Waals surface area contributed by atoms with Crippen LogP contribution in [0.3, 0.4) is 0 Å². The maximum atomic E-state index is 12.7. The second-order valence-corrected chi connectivity index (χ2v) is 7.06. The maximum absolute atomic E-state index is 12.7. The largest absolute Gasteiger partial charge is 0.352 e. The van der Waals surface area contributed by atoms with Crippen LogP contribution in [0.1, 0.15) is 17.9 Å². The van der Waals surface area contributed by atoms with Crippen LogP contribution in [0, 0.1) is 0 Å². The molecule has 1 amide bonds. The van der Waals surface area contributed by atoms with E-state index in [0.29, 0.717) is 12.5 Å². The average Bonchev–Trinajstić information content (AvgIpc) is 3.18. The van der Waals surface area contributed by atoms with Gasteiger partial charge in [-0.15, -0.1) is 0 Å². The quantitative estimate of drug-likeness (QED) is 0.838. The monoisotopic (exact) mass is 351 g/mol. The molecule has 0 saturated carbocycles.